The van der Waals surface area contributed by atoms with Crippen molar-refractivity contribution in [3.63, 3.8) is 0 Å². The Bertz CT molecular complexity index is 1160. The summed E-state index contributed by atoms with van der Waals surface area (Å²) in [5.74, 6) is 0.781. The van der Waals surface area contributed by atoms with Gasteiger partial charge in [-0.2, -0.15) is 0 Å². The predicted octanol–water partition coefficient (Wildman–Crippen LogP) is 4.96. The average Bonchev–Trinajstić information content (AvgIpc) is 3.17. The number of methoxy groups -OCH3 is 1. The fourth-order valence-corrected chi connectivity index (χ4v) is 4.34. The van der Waals surface area contributed by atoms with Gasteiger partial charge in [0.25, 0.3) is 5.91 Å². The van der Waals surface area contributed by atoms with Gasteiger partial charge < -0.3 is 14.6 Å². The monoisotopic (exact) mass is 382 g/mol. The highest BCUT2D eigenvalue weighted by atomic mass is 16.5. The Morgan fingerprint density at radius 3 is 2.45 bits per heavy atom. The first kappa shape index (κ1) is 17.6. The number of nitrogens with one attached hydrogen (secondary N) is 1. The number of ether oxygens (including phenoxy) is 1. The third kappa shape index (κ3) is 2.97. The van der Waals surface area contributed by atoms with E-state index in [-0.39, 0.29) is 11.9 Å². The molecule has 0 spiro atoms. The summed E-state index contributed by atoms with van der Waals surface area (Å²) in [5, 5.41) is 1.25. The van der Waals surface area contributed by atoms with Crippen molar-refractivity contribution in [3.05, 3.63) is 101 Å². The zero-order valence-electron chi connectivity index (χ0n) is 16.3. The molecule has 1 atom stereocenters. The number of carbonyl (C=O) groups excluding carboxylic acids is 1. The smallest absolute Gasteiger partial charge is 0.254 e. The Hall–Kier alpha value is -3.53. The lowest BCUT2D eigenvalue weighted by Gasteiger charge is -2.36. The SMILES string of the molecule is COc1ccc(C(=O)N2CCc3c([nH]c4ccccc34)C2c2ccccc2)cc1. The van der Waals surface area contributed by atoms with Gasteiger partial charge in [-0.1, -0.05) is 48.5 Å². The fourth-order valence-electron chi connectivity index (χ4n) is 4.34. The van der Waals surface area contributed by atoms with Gasteiger partial charge in [-0.25, -0.2) is 0 Å². The van der Waals surface area contributed by atoms with Crippen LogP contribution in [-0.2, 0) is 6.42 Å². The first-order chi connectivity index (χ1) is 14.3. The van der Waals surface area contributed by atoms with Crippen LogP contribution in [0.25, 0.3) is 10.9 Å². The van der Waals surface area contributed by atoms with E-state index in [1.807, 2.05) is 53.4 Å². The minimum absolute atomic E-state index is 0.0332. The molecule has 4 heteroatoms. The van der Waals surface area contributed by atoms with E-state index in [1.54, 1.807) is 7.11 Å². The number of fused-ring (bicyclic) bond motifs is 3. The number of carbonyl (C=O) groups is 1. The van der Waals surface area contributed by atoms with Crippen molar-refractivity contribution >= 4 is 16.8 Å². The van der Waals surface area contributed by atoms with Crippen molar-refractivity contribution in [1.29, 1.82) is 0 Å². The zero-order valence-corrected chi connectivity index (χ0v) is 16.3. The summed E-state index contributed by atoms with van der Waals surface area (Å²) in [7, 11) is 1.63. The van der Waals surface area contributed by atoms with Crippen LogP contribution in [0.3, 0.4) is 0 Å². The van der Waals surface area contributed by atoms with E-state index in [0.717, 1.165) is 28.9 Å². The molecule has 0 aliphatic carbocycles. The molecule has 2 heterocycles. The lowest BCUT2D eigenvalue weighted by atomic mass is 9.91. The molecule has 29 heavy (non-hydrogen) atoms. The second kappa shape index (κ2) is 7.13. The number of aromatic amines is 1. The Labute approximate surface area is 169 Å². The summed E-state index contributed by atoms with van der Waals surface area (Å²) in [6, 6.07) is 25.9. The third-order valence-corrected chi connectivity index (χ3v) is 5.75. The van der Waals surface area contributed by atoms with E-state index in [0.29, 0.717) is 12.1 Å². The second-order valence-electron chi connectivity index (χ2n) is 7.35. The molecule has 1 unspecified atom stereocenters. The maximum Gasteiger partial charge on any atom is 0.254 e. The number of benzene rings is 3. The van der Waals surface area contributed by atoms with Crippen molar-refractivity contribution in [2.75, 3.05) is 13.7 Å². The summed E-state index contributed by atoms with van der Waals surface area (Å²) in [5.41, 5.74) is 5.34. The van der Waals surface area contributed by atoms with Crippen LogP contribution in [0.5, 0.6) is 5.75 Å². The lowest BCUT2D eigenvalue weighted by Crippen LogP contribution is -2.40. The number of amides is 1. The van der Waals surface area contributed by atoms with Crippen molar-refractivity contribution in [2.45, 2.75) is 12.5 Å². The van der Waals surface area contributed by atoms with Gasteiger partial charge in [-0.3, -0.25) is 4.79 Å². The van der Waals surface area contributed by atoms with Gasteiger partial charge in [0.2, 0.25) is 0 Å². The van der Waals surface area contributed by atoms with Gasteiger partial charge in [0.1, 0.15) is 5.75 Å². The molecule has 4 nitrogen and oxygen atoms in total. The molecule has 0 radical (unpaired) electrons. The van der Waals surface area contributed by atoms with Gasteiger partial charge in [0, 0.05) is 28.7 Å². The first-order valence-electron chi connectivity index (χ1n) is 9.85. The summed E-state index contributed by atoms with van der Waals surface area (Å²) in [6.45, 7) is 0.680. The van der Waals surface area contributed by atoms with Crippen LogP contribution in [0.4, 0.5) is 0 Å². The maximum atomic E-state index is 13.5. The standard InChI is InChI=1S/C25H22N2O2/c1-29-19-13-11-18(12-14-19)25(28)27-16-15-21-20-9-5-6-10-22(20)26-23(21)24(27)17-7-3-2-4-8-17/h2-14,24,26H,15-16H2,1H3. The number of nitrogens with zero attached hydrogens (tertiary/aromatic N) is 1. The van der Waals surface area contributed by atoms with E-state index in [9.17, 15) is 4.79 Å². The predicted molar refractivity (Wildman–Crippen MR) is 114 cm³/mol. The molecule has 1 aliphatic heterocycles. The number of hydrogen-bond acceptors (Lipinski definition) is 2. The van der Waals surface area contributed by atoms with Crippen LogP contribution >= 0.6 is 0 Å². The molecule has 1 aliphatic rings. The highest BCUT2D eigenvalue weighted by molar-refractivity contribution is 5.95. The van der Waals surface area contributed by atoms with Crippen LogP contribution in [-0.4, -0.2) is 29.4 Å². The van der Waals surface area contributed by atoms with Crippen LogP contribution in [0.2, 0.25) is 0 Å². The van der Waals surface area contributed by atoms with Crippen LogP contribution in [0.1, 0.15) is 33.2 Å². The molecule has 0 saturated carbocycles. The van der Waals surface area contributed by atoms with E-state index in [2.05, 4.69) is 35.3 Å². The summed E-state index contributed by atoms with van der Waals surface area (Å²) < 4.78 is 5.24. The molecule has 1 aromatic heterocycles. The molecule has 0 fully saturated rings. The molecule has 4 aromatic rings. The van der Waals surface area contributed by atoms with E-state index in [4.69, 9.17) is 4.74 Å². The van der Waals surface area contributed by atoms with E-state index in [1.165, 1.54) is 10.9 Å². The van der Waals surface area contributed by atoms with E-state index >= 15 is 0 Å². The van der Waals surface area contributed by atoms with Gasteiger partial charge in [-0.05, 0) is 47.9 Å². The quantitative estimate of drug-likeness (QED) is 0.544. The topological polar surface area (TPSA) is 45.3 Å². The van der Waals surface area contributed by atoms with Crippen molar-refractivity contribution in [2.24, 2.45) is 0 Å². The lowest BCUT2D eigenvalue weighted by molar-refractivity contribution is 0.0692. The fraction of sp³-hybridized carbons (Fsp3) is 0.160. The highest BCUT2D eigenvalue weighted by Gasteiger charge is 2.34. The van der Waals surface area contributed by atoms with E-state index < -0.39 is 0 Å². The van der Waals surface area contributed by atoms with Gasteiger partial charge in [-0.15, -0.1) is 0 Å². The van der Waals surface area contributed by atoms with Crippen LogP contribution in [0.15, 0.2) is 78.9 Å². The summed E-state index contributed by atoms with van der Waals surface area (Å²) in [4.78, 5) is 19.1. The molecule has 5 rings (SSSR count). The Kier molecular flexibility index (Phi) is 4.32. The van der Waals surface area contributed by atoms with Crippen molar-refractivity contribution in [1.82, 2.24) is 9.88 Å². The molecule has 0 saturated heterocycles. The van der Waals surface area contributed by atoms with Crippen LogP contribution < -0.4 is 4.74 Å². The first-order valence-corrected chi connectivity index (χ1v) is 9.85. The number of rotatable bonds is 3. The Morgan fingerprint density at radius 2 is 1.69 bits per heavy atom. The molecule has 144 valence electrons. The Balaban J connectivity index is 1.62. The molecule has 0 bridgehead atoms. The normalized spacial score (nSPS) is 15.9. The molecule has 3 aromatic carbocycles. The zero-order chi connectivity index (χ0) is 19.8. The number of H-pyrrole nitrogens is 1. The summed E-state index contributed by atoms with van der Waals surface area (Å²) in [6.07, 6.45) is 0.838. The van der Waals surface area contributed by atoms with Crippen molar-refractivity contribution < 1.29 is 9.53 Å². The largest absolute Gasteiger partial charge is 0.497 e. The highest BCUT2D eigenvalue weighted by Crippen LogP contribution is 2.39. The molecular weight excluding hydrogens is 360 g/mol. The third-order valence-electron chi connectivity index (χ3n) is 5.75. The Morgan fingerprint density at radius 1 is 0.966 bits per heavy atom. The average molecular weight is 382 g/mol. The van der Waals surface area contributed by atoms with Gasteiger partial charge in [0.05, 0.1) is 13.2 Å². The number of hydrogen-bond donors (Lipinski definition) is 1. The minimum Gasteiger partial charge on any atom is -0.497 e. The number of para-hydroxylation sites is 1. The van der Waals surface area contributed by atoms with Gasteiger partial charge in [0.15, 0.2) is 0 Å². The maximum absolute atomic E-state index is 13.5. The van der Waals surface area contributed by atoms with Gasteiger partial charge >= 0.3 is 0 Å². The van der Waals surface area contributed by atoms with Crippen LogP contribution in [0, 0.1) is 0 Å². The molecule has 1 N–H and O–H groups in total. The molecule has 1 amide bonds. The second-order valence-corrected chi connectivity index (χ2v) is 7.35. The summed E-state index contributed by atoms with van der Waals surface area (Å²) >= 11 is 0. The number of aromatic nitrogens is 1. The molecular formula is C25H22N2O2. The minimum atomic E-state index is -0.137. The van der Waals surface area contributed by atoms with Crippen molar-refractivity contribution in [3.8, 4) is 5.75 Å².